The van der Waals surface area contributed by atoms with E-state index in [1.165, 1.54) is 0 Å². The zero-order valence-electron chi connectivity index (χ0n) is 11.1. The molecule has 2 fully saturated rings. The first-order valence-electron chi connectivity index (χ1n) is 6.92. The smallest absolute Gasteiger partial charge is 0.306 e. The molecule has 0 aromatic heterocycles. The molecule has 0 atom stereocenters. The average Bonchev–Trinajstić information content (AvgIpc) is 2.40. The molecule has 2 rings (SSSR count). The van der Waals surface area contributed by atoms with E-state index in [-0.39, 0.29) is 17.9 Å². The Morgan fingerprint density at radius 3 is 2.26 bits per heavy atom. The van der Waals surface area contributed by atoms with Gasteiger partial charge in [-0.25, -0.2) is 0 Å². The van der Waals surface area contributed by atoms with Crippen molar-refractivity contribution < 1.29 is 19.4 Å². The second-order valence-electron chi connectivity index (χ2n) is 5.63. The summed E-state index contributed by atoms with van der Waals surface area (Å²) in [5.41, 5.74) is 5.29. The SMILES string of the molecule is NC1(C(=O)NC2CCC(C(=O)O)CC2)CCOCC1. The Labute approximate surface area is 112 Å². The number of nitrogens with two attached hydrogens (primary N) is 1. The maximum Gasteiger partial charge on any atom is 0.306 e. The van der Waals surface area contributed by atoms with Crippen LogP contribution < -0.4 is 11.1 Å². The second-order valence-corrected chi connectivity index (χ2v) is 5.63. The summed E-state index contributed by atoms with van der Waals surface area (Å²) in [7, 11) is 0. The zero-order chi connectivity index (χ0) is 13.9. The van der Waals surface area contributed by atoms with Crippen molar-refractivity contribution in [2.45, 2.75) is 50.1 Å². The predicted octanol–water partition coefficient (Wildman–Crippen LogP) is 0.254. The second kappa shape index (κ2) is 5.88. The normalized spacial score (nSPS) is 30.6. The molecule has 0 radical (unpaired) electrons. The lowest BCUT2D eigenvalue weighted by molar-refractivity contribution is -0.142. The summed E-state index contributed by atoms with van der Waals surface area (Å²) in [5.74, 6) is -1.11. The highest BCUT2D eigenvalue weighted by Crippen LogP contribution is 2.25. The fraction of sp³-hybridized carbons (Fsp3) is 0.846. The Bertz CT molecular complexity index is 345. The largest absolute Gasteiger partial charge is 0.481 e. The molecule has 1 amide bonds. The highest BCUT2D eigenvalue weighted by molar-refractivity contribution is 5.86. The molecule has 2 aliphatic rings. The Hall–Kier alpha value is -1.14. The third-order valence-corrected chi connectivity index (χ3v) is 4.25. The van der Waals surface area contributed by atoms with Gasteiger partial charge in [-0.15, -0.1) is 0 Å². The van der Waals surface area contributed by atoms with E-state index in [0.29, 0.717) is 38.9 Å². The van der Waals surface area contributed by atoms with Crippen LogP contribution in [0.5, 0.6) is 0 Å². The fourth-order valence-electron chi connectivity index (χ4n) is 2.78. The number of hydrogen-bond acceptors (Lipinski definition) is 4. The molecule has 6 heteroatoms. The third kappa shape index (κ3) is 3.45. The van der Waals surface area contributed by atoms with Crippen molar-refractivity contribution in [1.29, 1.82) is 0 Å². The Morgan fingerprint density at radius 1 is 1.16 bits per heavy atom. The van der Waals surface area contributed by atoms with Gasteiger partial charge in [0.05, 0.1) is 11.5 Å². The van der Waals surface area contributed by atoms with Gasteiger partial charge in [0.2, 0.25) is 5.91 Å². The first-order chi connectivity index (χ1) is 9.01. The molecule has 1 saturated carbocycles. The lowest BCUT2D eigenvalue weighted by Crippen LogP contribution is -2.59. The van der Waals surface area contributed by atoms with Crippen LogP contribution in [0.1, 0.15) is 38.5 Å². The number of hydrogen-bond donors (Lipinski definition) is 3. The third-order valence-electron chi connectivity index (χ3n) is 4.25. The number of carboxylic acids is 1. The van der Waals surface area contributed by atoms with Crippen molar-refractivity contribution >= 4 is 11.9 Å². The van der Waals surface area contributed by atoms with Gasteiger partial charge in [0, 0.05) is 19.3 Å². The maximum absolute atomic E-state index is 12.2. The van der Waals surface area contributed by atoms with Gasteiger partial charge in [-0.3, -0.25) is 9.59 Å². The minimum atomic E-state index is -0.818. The van der Waals surface area contributed by atoms with Gasteiger partial charge in [-0.05, 0) is 38.5 Å². The summed E-state index contributed by atoms with van der Waals surface area (Å²) < 4.78 is 5.22. The molecule has 6 nitrogen and oxygen atoms in total. The minimum absolute atomic E-state index is 0.0615. The fourth-order valence-corrected chi connectivity index (χ4v) is 2.78. The van der Waals surface area contributed by atoms with E-state index in [1.54, 1.807) is 0 Å². The van der Waals surface area contributed by atoms with Crippen LogP contribution in [-0.2, 0) is 14.3 Å². The van der Waals surface area contributed by atoms with Gasteiger partial charge in [-0.1, -0.05) is 0 Å². The van der Waals surface area contributed by atoms with Crippen LogP contribution in [0.2, 0.25) is 0 Å². The highest BCUT2D eigenvalue weighted by atomic mass is 16.5. The molecule has 19 heavy (non-hydrogen) atoms. The van der Waals surface area contributed by atoms with Crippen molar-refractivity contribution in [2.75, 3.05) is 13.2 Å². The van der Waals surface area contributed by atoms with Gasteiger partial charge in [0.25, 0.3) is 0 Å². The molecular weight excluding hydrogens is 248 g/mol. The number of rotatable bonds is 3. The average molecular weight is 270 g/mol. The molecule has 0 bridgehead atoms. The van der Waals surface area contributed by atoms with E-state index >= 15 is 0 Å². The van der Waals surface area contributed by atoms with Gasteiger partial charge in [0.15, 0.2) is 0 Å². The van der Waals surface area contributed by atoms with Crippen molar-refractivity contribution in [1.82, 2.24) is 5.32 Å². The summed E-state index contributed by atoms with van der Waals surface area (Å²) in [5, 5.41) is 11.9. The van der Waals surface area contributed by atoms with Gasteiger partial charge >= 0.3 is 5.97 Å². The van der Waals surface area contributed by atoms with Crippen LogP contribution in [0, 0.1) is 5.92 Å². The van der Waals surface area contributed by atoms with E-state index in [2.05, 4.69) is 5.32 Å². The minimum Gasteiger partial charge on any atom is -0.481 e. The molecular formula is C13H22N2O4. The molecule has 0 aromatic carbocycles. The van der Waals surface area contributed by atoms with Crippen LogP contribution in [-0.4, -0.2) is 41.8 Å². The van der Waals surface area contributed by atoms with E-state index in [9.17, 15) is 9.59 Å². The van der Waals surface area contributed by atoms with Crippen LogP contribution >= 0.6 is 0 Å². The van der Waals surface area contributed by atoms with E-state index in [1.807, 2.05) is 0 Å². The Morgan fingerprint density at radius 2 is 1.74 bits per heavy atom. The molecule has 1 aliphatic heterocycles. The van der Waals surface area contributed by atoms with Crippen molar-refractivity contribution in [3.05, 3.63) is 0 Å². The van der Waals surface area contributed by atoms with Gasteiger partial charge in [-0.2, -0.15) is 0 Å². The summed E-state index contributed by atoms with van der Waals surface area (Å²) in [6.45, 7) is 1.05. The predicted molar refractivity (Wildman–Crippen MR) is 68.5 cm³/mol. The van der Waals surface area contributed by atoms with E-state index in [4.69, 9.17) is 15.6 Å². The lowest BCUT2D eigenvalue weighted by atomic mass is 9.84. The van der Waals surface area contributed by atoms with E-state index < -0.39 is 11.5 Å². The highest BCUT2D eigenvalue weighted by Gasteiger charge is 2.37. The molecule has 0 unspecified atom stereocenters. The number of carbonyl (C=O) groups excluding carboxylic acids is 1. The van der Waals surface area contributed by atoms with Crippen LogP contribution in [0.15, 0.2) is 0 Å². The van der Waals surface area contributed by atoms with E-state index in [0.717, 1.165) is 12.8 Å². The molecule has 1 saturated heterocycles. The maximum atomic E-state index is 12.2. The van der Waals surface area contributed by atoms with Crippen molar-refractivity contribution in [2.24, 2.45) is 11.7 Å². The Balaban J connectivity index is 1.82. The monoisotopic (exact) mass is 270 g/mol. The molecule has 108 valence electrons. The molecule has 0 spiro atoms. The number of nitrogens with one attached hydrogen (secondary N) is 1. The molecule has 0 aromatic rings. The first kappa shape index (κ1) is 14.3. The first-order valence-corrected chi connectivity index (χ1v) is 6.92. The summed E-state index contributed by atoms with van der Waals surface area (Å²) >= 11 is 0. The van der Waals surface area contributed by atoms with Crippen LogP contribution in [0.3, 0.4) is 0 Å². The molecule has 1 heterocycles. The number of aliphatic carboxylic acids is 1. The summed E-state index contributed by atoms with van der Waals surface area (Å²) in [4.78, 5) is 23.1. The van der Waals surface area contributed by atoms with Crippen molar-refractivity contribution in [3.63, 3.8) is 0 Å². The number of amides is 1. The summed E-state index contributed by atoms with van der Waals surface area (Å²) in [6.07, 6.45) is 3.78. The number of carbonyl (C=O) groups is 2. The number of carboxylic acid groups (broad SMARTS) is 1. The van der Waals surface area contributed by atoms with Crippen LogP contribution in [0.4, 0.5) is 0 Å². The van der Waals surface area contributed by atoms with Crippen molar-refractivity contribution in [3.8, 4) is 0 Å². The molecule has 1 aliphatic carbocycles. The van der Waals surface area contributed by atoms with Gasteiger partial charge in [0.1, 0.15) is 0 Å². The summed E-state index contributed by atoms with van der Waals surface area (Å²) in [6, 6.07) is 0.0615. The van der Waals surface area contributed by atoms with Gasteiger partial charge < -0.3 is 20.9 Å². The quantitative estimate of drug-likeness (QED) is 0.682. The lowest BCUT2D eigenvalue weighted by Gasteiger charge is -2.35. The zero-order valence-corrected chi connectivity index (χ0v) is 11.1. The number of ether oxygens (including phenoxy) is 1. The Kier molecular flexibility index (Phi) is 4.42. The van der Waals surface area contributed by atoms with Crippen LogP contribution in [0.25, 0.3) is 0 Å². The topological polar surface area (TPSA) is 102 Å². The molecule has 4 N–H and O–H groups in total. The standard InChI is InChI=1S/C13H22N2O4/c14-13(5-7-19-8-6-13)12(18)15-10-3-1-9(2-4-10)11(16)17/h9-10H,1-8,14H2,(H,15,18)(H,16,17).